The van der Waals surface area contributed by atoms with Gasteiger partial charge in [0.1, 0.15) is 0 Å². The molecule has 2 aromatic carbocycles. The molecule has 28 heavy (non-hydrogen) atoms. The fourth-order valence-electron chi connectivity index (χ4n) is 4.25. The van der Waals surface area contributed by atoms with Crippen molar-refractivity contribution in [3.8, 4) is 0 Å². The van der Waals surface area contributed by atoms with Crippen LogP contribution in [-0.4, -0.2) is 47.1 Å². The predicted octanol–water partition coefficient (Wildman–Crippen LogP) is 3.74. The summed E-state index contributed by atoms with van der Waals surface area (Å²) in [5, 5.41) is 6.23. The lowest BCUT2D eigenvalue weighted by molar-refractivity contribution is 0.189. The maximum absolute atomic E-state index is 4.55. The third-order valence-electron chi connectivity index (χ3n) is 5.90. The molecule has 0 amide bonds. The van der Waals surface area contributed by atoms with Gasteiger partial charge in [0.15, 0.2) is 5.96 Å². The minimum Gasteiger partial charge on any atom is -0.356 e. The van der Waals surface area contributed by atoms with E-state index in [0.29, 0.717) is 12.0 Å². The Bertz CT molecular complexity index is 926. The fraction of sp³-hybridized carbons (Fsp3) is 0.391. The number of hydrogen-bond acceptors (Lipinski definition) is 2. The number of rotatable bonds is 4. The van der Waals surface area contributed by atoms with Gasteiger partial charge in [0.2, 0.25) is 0 Å². The van der Waals surface area contributed by atoms with Gasteiger partial charge >= 0.3 is 0 Å². The van der Waals surface area contributed by atoms with Crippen molar-refractivity contribution in [2.45, 2.75) is 25.8 Å². The molecule has 2 heterocycles. The van der Waals surface area contributed by atoms with Crippen LogP contribution in [0.3, 0.4) is 0 Å². The number of guanidine groups is 1. The molecule has 5 nitrogen and oxygen atoms in total. The SMILES string of the molecule is CN=C(NCCc1cccc2ccccc12)N1CCC(C)C(n2ccnc2)C1. The van der Waals surface area contributed by atoms with E-state index in [1.54, 1.807) is 0 Å². The van der Waals surface area contributed by atoms with Crippen molar-refractivity contribution in [2.24, 2.45) is 10.9 Å². The first-order valence-corrected chi connectivity index (χ1v) is 10.2. The Morgan fingerprint density at radius 3 is 2.89 bits per heavy atom. The summed E-state index contributed by atoms with van der Waals surface area (Å²) in [7, 11) is 1.88. The molecule has 1 fully saturated rings. The number of nitrogens with one attached hydrogen (secondary N) is 1. The largest absolute Gasteiger partial charge is 0.356 e. The second-order valence-electron chi connectivity index (χ2n) is 7.65. The topological polar surface area (TPSA) is 45.5 Å². The van der Waals surface area contributed by atoms with Crippen LogP contribution in [0.5, 0.6) is 0 Å². The third kappa shape index (κ3) is 3.88. The number of likely N-dealkylation sites (tertiary alicyclic amines) is 1. The van der Waals surface area contributed by atoms with Gasteiger partial charge in [-0.1, -0.05) is 49.4 Å². The van der Waals surface area contributed by atoms with E-state index in [1.807, 2.05) is 19.6 Å². The van der Waals surface area contributed by atoms with E-state index in [-0.39, 0.29) is 0 Å². The molecule has 2 unspecified atom stereocenters. The molecule has 0 radical (unpaired) electrons. The number of imidazole rings is 1. The van der Waals surface area contributed by atoms with Crippen molar-refractivity contribution in [2.75, 3.05) is 26.7 Å². The first-order chi connectivity index (χ1) is 13.8. The Hall–Kier alpha value is -2.82. The summed E-state index contributed by atoms with van der Waals surface area (Å²) in [5.41, 5.74) is 1.38. The van der Waals surface area contributed by atoms with Crippen LogP contribution in [0.25, 0.3) is 10.8 Å². The number of benzene rings is 2. The van der Waals surface area contributed by atoms with E-state index >= 15 is 0 Å². The van der Waals surface area contributed by atoms with Gasteiger partial charge in [0.05, 0.1) is 12.4 Å². The average molecular weight is 376 g/mol. The second kappa shape index (κ2) is 8.46. The maximum Gasteiger partial charge on any atom is 0.193 e. The molecule has 1 saturated heterocycles. The van der Waals surface area contributed by atoms with Gasteiger partial charge in [-0.2, -0.15) is 0 Å². The van der Waals surface area contributed by atoms with E-state index in [4.69, 9.17) is 0 Å². The minimum absolute atomic E-state index is 0.438. The molecule has 0 saturated carbocycles. The van der Waals surface area contributed by atoms with Gasteiger partial charge in [-0.3, -0.25) is 4.99 Å². The monoisotopic (exact) mass is 375 g/mol. The van der Waals surface area contributed by atoms with Crippen LogP contribution in [0.2, 0.25) is 0 Å². The number of aliphatic imine (C=N–C) groups is 1. The maximum atomic E-state index is 4.55. The van der Waals surface area contributed by atoms with Crippen LogP contribution in [0.15, 0.2) is 66.2 Å². The zero-order valence-electron chi connectivity index (χ0n) is 16.8. The molecule has 0 spiro atoms. The molecule has 3 aromatic rings. The van der Waals surface area contributed by atoms with E-state index < -0.39 is 0 Å². The summed E-state index contributed by atoms with van der Waals surface area (Å²) >= 11 is 0. The zero-order valence-corrected chi connectivity index (χ0v) is 16.8. The summed E-state index contributed by atoms with van der Waals surface area (Å²) in [6.07, 6.45) is 8.01. The Morgan fingerprint density at radius 2 is 2.07 bits per heavy atom. The highest BCUT2D eigenvalue weighted by Crippen LogP contribution is 2.27. The summed E-state index contributed by atoms with van der Waals surface area (Å²) < 4.78 is 2.24. The summed E-state index contributed by atoms with van der Waals surface area (Å²) in [6, 6.07) is 15.6. The summed E-state index contributed by atoms with van der Waals surface area (Å²) in [6.45, 7) is 5.22. The molecule has 0 bridgehead atoms. The van der Waals surface area contributed by atoms with Crippen LogP contribution in [0.4, 0.5) is 0 Å². The molecule has 1 N–H and O–H groups in total. The van der Waals surface area contributed by atoms with Gasteiger partial charge < -0.3 is 14.8 Å². The normalized spacial score (nSPS) is 20.5. The smallest absolute Gasteiger partial charge is 0.193 e. The van der Waals surface area contributed by atoms with Gasteiger partial charge in [0, 0.05) is 39.1 Å². The van der Waals surface area contributed by atoms with E-state index in [2.05, 4.69) is 80.3 Å². The van der Waals surface area contributed by atoms with Gasteiger partial charge in [-0.15, -0.1) is 0 Å². The number of nitrogens with zero attached hydrogens (tertiary/aromatic N) is 4. The molecule has 1 aliphatic rings. The van der Waals surface area contributed by atoms with Crippen molar-refractivity contribution < 1.29 is 0 Å². The minimum atomic E-state index is 0.438. The fourth-order valence-corrected chi connectivity index (χ4v) is 4.25. The van der Waals surface area contributed by atoms with Crippen molar-refractivity contribution in [3.63, 3.8) is 0 Å². The zero-order chi connectivity index (χ0) is 19.3. The average Bonchev–Trinajstić information content (AvgIpc) is 3.26. The Morgan fingerprint density at radius 1 is 1.21 bits per heavy atom. The summed E-state index contributed by atoms with van der Waals surface area (Å²) in [5.74, 6) is 1.64. The lowest BCUT2D eigenvalue weighted by atomic mass is 9.93. The summed E-state index contributed by atoms with van der Waals surface area (Å²) in [4.78, 5) is 11.2. The molecule has 5 heteroatoms. The molecule has 1 aromatic heterocycles. The van der Waals surface area contributed by atoms with Gasteiger partial charge in [-0.25, -0.2) is 4.98 Å². The highest BCUT2D eigenvalue weighted by atomic mass is 15.3. The molecule has 4 rings (SSSR count). The number of aromatic nitrogens is 2. The predicted molar refractivity (Wildman–Crippen MR) is 116 cm³/mol. The molecule has 2 atom stereocenters. The van der Waals surface area contributed by atoms with Gasteiger partial charge in [-0.05, 0) is 35.1 Å². The first kappa shape index (κ1) is 18.5. The second-order valence-corrected chi connectivity index (χ2v) is 7.65. The quantitative estimate of drug-likeness (QED) is 0.558. The van der Waals surface area contributed by atoms with Crippen LogP contribution in [0, 0.1) is 5.92 Å². The van der Waals surface area contributed by atoms with Crippen LogP contribution in [0.1, 0.15) is 24.9 Å². The first-order valence-electron chi connectivity index (χ1n) is 10.2. The van der Waals surface area contributed by atoms with Crippen LogP contribution >= 0.6 is 0 Å². The third-order valence-corrected chi connectivity index (χ3v) is 5.90. The van der Waals surface area contributed by atoms with E-state index in [9.17, 15) is 0 Å². The highest BCUT2D eigenvalue weighted by Gasteiger charge is 2.28. The van der Waals surface area contributed by atoms with Crippen LogP contribution < -0.4 is 5.32 Å². The molecule has 146 valence electrons. The lowest BCUT2D eigenvalue weighted by Gasteiger charge is -2.39. The van der Waals surface area contributed by atoms with Crippen molar-refractivity contribution in [1.29, 1.82) is 0 Å². The highest BCUT2D eigenvalue weighted by molar-refractivity contribution is 5.85. The lowest BCUT2D eigenvalue weighted by Crippen LogP contribution is -2.49. The van der Waals surface area contributed by atoms with E-state index in [1.165, 1.54) is 16.3 Å². The molecular weight excluding hydrogens is 346 g/mol. The number of piperidine rings is 1. The standard InChI is InChI=1S/C23H29N5/c1-18-11-14-27(16-22(18)28-15-13-25-17-28)23(24-2)26-12-10-20-8-5-7-19-6-3-4-9-21(19)20/h3-9,13,15,17-18,22H,10-12,14,16H2,1-2H3,(H,24,26). The Labute approximate surface area is 167 Å². The van der Waals surface area contributed by atoms with E-state index in [0.717, 1.165) is 38.4 Å². The molecule has 0 aliphatic carbocycles. The number of fused-ring (bicyclic) bond motifs is 1. The van der Waals surface area contributed by atoms with Crippen molar-refractivity contribution in [3.05, 3.63) is 66.7 Å². The van der Waals surface area contributed by atoms with Crippen LogP contribution in [-0.2, 0) is 6.42 Å². The molecular formula is C23H29N5. The Kier molecular flexibility index (Phi) is 5.60. The molecule has 1 aliphatic heterocycles. The van der Waals surface area contributed by atoms with Gasteiger partial charge in [0.25, 0.3) is 0 Å². The number of hydrogen-bond donors (Lipinski definition) is 1. The van der Waals surface area contributed by atoms with Crippen molar-refractivity contribution >= 4 is 16.7 Å². The van der Waals surface area contributed by atoms with Crippen molar-refractivity contribution in [1.82, 2.24) is 19.8 Å². The Balaban J connectivity index is 1.39.